The lowest BCUT2D eigenvalue weighted by atomic mass is 9.95. The van der Waals surface area contributed by atoms with Gasteiger partial charge in [0.1, 0.15) is 0 Å². The molecule has 1 N–H and O–H groups in total. The second-order valence-corrected chi connectivity index (χ2v) is 6.29. The lowest BCUT2D eigenvalue weighted by Crippen LogP contribution is -2.47. The zero-order chi connectivity index (χ0) is 13.5. The predicted octanol–water partition coefficient (Wildman–Crippen LogP) is 2.51. The minimum Gasteiger partial charge on any atom is -0.381 e. The molecule has 0 spiro atoms. The van der Waals surface area contributed by atoms with E-state index in [1.54, 1.807) is 0 Å². The minimum absolute atomic E-state index is 0.670. The van der Waals surface area contributed by atoms with Crippen LogP contribution >= 0.6 is 0 Å². The minimum atomic E-state index is 0.670. The smallest absolute Gasteiger partial charge is 0.0521 e. The van der Waals surface area contributed by atoms with Gasteiger partial charge in [-0.15, -0.1) is 0 Å². The molecule has 3 heteroatoms. The summed E-state index contributed by atoms with van der Waals surface area (Å²) >= 11 is 0. The van der Waals surface area contributed by atoms with Crippen LogP contribution in [0.3, 0.4) is 0 Å². The summed E-state index contributed by atoms with van der Waals surface area (Å²) in [6.45, 7) is 11.4. The molecule has 2 aliphatic rings. The summed E-state index contributed by atoms with van der Waals surface area (Å²) in [6.07, 6.45) is 6.77. The van der Waals surface area contributed by atoms with Crippen molar-refractivity contribution in [1.82, 2.24) is 10.2 Å². The van der Waals surface area contributed by atoms with Gasteiger partial charge in [0, 0.05) is 25.1 Å². The van der Waals surface area contributed by atoms with E-state index in [1.807, 2.05) is 0 Å². The maximum absolute atomic E-state index is 5.71. The molecule has 2 aliphatic heterocycles. The maximum Gasteiger partial charge on any atom is 0.0521 e. The largest absolute Gasteiger partial charge is 0.381 e. The lowest BCUT2D eigenvalue weighted by molar-refractivity contribution is 0.0173. The third kappa shape index (κ3) is 4.73. The molecule has 0 radical (unpaired) electrons. The van der Waals surface area contributed by atoms with Gasteiger partial charge in [0.2, 0.25) is 0 Å². The Kier molecular flexibility index (Phi) is 6.62. The fraction of sp³-hybridized carbons (Fsp3) is 1.00. The first-order valence-corrected chi connectivity index (χ1v) is 8.37. The van der Waals surface area contributed by atoms with Crippen LogP contribution in [0, 0.1) is 11.8 Å². The normalized spacial score (nSPS) is 34.1. The molecule has 3 atom stereocenters. The van der Waals surface area contributed by atoms with Gasteiger partial charge in [0.25, 0.3) is 0 Å². The zero-order valence-electron chi connectivity index (χ0n) is 12.9. The van der Waals surface area contributed by atoms with Gasteiger partial charge in [-0.25, -0.2) is 0 Å². The van der Waals surface area contributed by atoms with Crippen LogP contribution in [-0.4, -0.2) is 50.3 Å². The first-order chi connectivity index (χ1) is 9.33. The Morgan fingerprint density at radius 2 is 2.05 bits per heavy atom. The number of ether oxygens (including phenoxy) is 1. The summed E-state index contributed by atoms with van der Waals surface area (Å²) in [6, 6.07) is 0.670. The van der Waals surface area contributed by atoms with Crippen LogP contribution in [0.4, 0.5) is 0 Å². The molecule has 0 aromatic rings. The topological polar surface area (TPSA) is 24.5 Å². The van der Waals surface area contributed by atoms with E-state index in [-0.39, 0.29) is 0 Å². The van der Waals surface area contributed by atoms with Crippen LogP contribution in [-0.2, 0) is 4.74 Å². The molecule has 0 aromatic carbocycles. The molecule has 0 amide bonds. The molecule has 2 rings (SSSR count). The maximum atomic E-state index is 5.71. The molecule has 0 saturated carbocycles. The third-order valence-electron chi connectivity index (χ3n) is 4.95. The van der Waals surface area contributed by atoms with Crippen molar-refractivity contribution in [2.24, 2.45) is 11.8 Å². The van der Waals surface area contributed by atoms with Crippen molar-refractivity contribution in [3.63, 3.8) is 0 Å². The van der Waals surface area contributed by atoms with Gasteiger partial charge in [0.15, 0.2) is 0 Å². The Hall–Kier alpha value is -0.120. The first kappa shape index (κ1) is 15.3. The van der Waals surface area contributed by atoms with Gasteiger partial charge >= 0.3 is 0 Å². The lowest BCUT2D eigenvalue weighted by Gasteiger charge is -2.35. The highest BCUT2D eigenvalue weighted by Gasteiger charge is 2.27. The Morgan fingerprint density at radius 1 is 1.16 bits per heavy atom. The quantitative estimate of drug-likeness (QED) is 0.829. The standard InChI is InChI=1S/C16H32N2O/c1-3-14-6-5-9-18(10-7-14)12-15-13-19-11-8-16(15)17-4-2/h14-17H,3-13H2,1-2H3. The van der Waals surface area contributed by atoms with Crippen LogP contribution in [0.2, 0.25) is 0 Å². The fourth-order valence-corrected chi connectivity index (χ4v) is 3.66. The monoisotopic (exact) mass is 268 g/mol. The van der Waals surface area contributed by atoms with Gasteiger partial charge in [-0.05, 0) is 51.2 Å². The van der Waals surface area contributed by atoms with E-state index in [2.05, 4.69) is 24.1 Å². The molecule has 112 valence electrons. The molecule has 0 bridgehead atoms. The molecule has 3 nitrogen and oxygen atoms in total. The number of hydrogen-bond acceptors (Lipinski definition) is 3. The van der Waals surface area contributed by atoms with E-state index in [0.29, 0.717) is 12.0 Å². The Balaban J connectivity index is 1.81. The van der Waals surface area contributed by atoms with E-state index in [4.69, 9.17) is 4.74 Å². The summed E-state index contributed by atoms with van der Waals surface area (Å²) in [5, 5.41) is 3.65. The predicted molar refractivity (Wildman–Crippen MR) is 80.5 cm³/mol. The Labute approximate surface area is 119 Å². The third-order valence-corrected chi connectivity index (χ3v) is 4.95. The number of likely N-dealkylation sites (tertiary alicyclic amines) is 1. The van der Waals surface area contributed by atoms with Crippen LogP contribution in [0.25, 0.3) is 0 Å². The average molecular weight is 268 g/mol. The van der Waals surface area contributed by atoms with E-state index in [9.17, 15) is 0 Å². The van der Waals surface area contributed by atoms with Crippen LogP contribution in [0.1, 0.15) is 46.0 Å². The van der Waals surface area contributed by atoms with Gasteiger partial charge in [-0.1, -0.05) is 20.3 Å². The summed E-state index contributed by atoms with van der Waals surface area (Å²) in [5.74, 6) is 1.66. The average Bonchev–Trinajstić information content (AvgIpc) is 2.66. The summed E-state index contributed by atoms with van der Waals surface area (Å²) in [5.41, 5.74) is 0. The first-order valence-electron chi connectivity index (χ1n) is 8.37. The molecule has 0 aromatic heterocycles. The Bertz CT molecular complexity index is 245. The van der Waals surface area contributed by atoms with Gasteiger partial charge in [0.05, 0.1) is 6.61 Å². The fourth-order valence-electron chi connectivity index (χ4n) is 3.66. The SMILES string of the molecule is CCNC1CCOCC1CN1CCCC(CC)CC1. The summed E-state index contributed by atoms with van der Waals surface area (Å²) in [7, 11) is 0. The number of hydrogen-bond donors (Lipinski definition) is 1. The molecule has 2 saturated heterocycles. The zero-order valence-corrected chi connectivity index (χ0v) is 12.9. The molecular weight excluding hydrogens is 236 g/mol. The van der Waals surface area contributed by atoms with E-state index in [1.165, 1.54) is 51.7 Å². The van der Waals surface area contributed by atoms with Gasteiger partial charge < -0.3 is 15.0 Å². The van der Waals surface area contributed by atoms with Crippen LogP contribution in [0.5, 0.6) is 0 Å². The van der Waals surface area contributed by atoms with Crippen molar-refractivity contribution in [3.05, 3.63) is 0 Å². The van der Waals surface area contributed by atoms with Crippen molar-refractivity contribution >= 4 is 0 Å². The van der Waals surface area contributed by atoms with Crippen LogP contribution in [0.15, 0.2) is 0 Å². The molecular formula is C16H32N2O. The molecule has 3 unspecified atom stereocenters. The molecule has 0 aliphatic carbocycles. The molecule has 2 heterocycles. The highest BCUT2D eigenvalue weighted by atomic mass is 16.5. The molecule has 19 heavy (non-hydrogen) atoms. The van der Waals surface area contributed by atoms with Crippen molar-refractivity contribution in [1.29, 1.82) is 0 Å². The van der Waals surface area contributed by atoms with Gasteiger partial charge in [-0.3, -0.25) is 0 Å². The second-order valence-electron chi connectivity index (χ2n) is 6.29. The highest BCUT2D eigenvalue weighted by Crippen LogP contribution is 2.22. The number of nitrogens with one attached hydrogen (secondary N) is 1. The van der Waals surface area contributed by atoms with E-state index >= 15 is 0 Å². The Morgan fingerprint density at radius 3 is 2.84 bits per heavy atom. The van der Waals surface area contributed by atoms with Gasteiger partial charge in [-0.2, -0.15) is 0 Å². The summed E-state index contributed by atoms with van der Waals surface area (Å²) < 4.78 is 5.71. The van der Waals surface area contributed by atoms with E-state index < -0.39 is 0 Å². The van der Waals surface area contributed by atoms with Crippen molar-refractivity contribution in [3.8, 4) is 0 Å². The molecule has 2 fully saturated rings. The number of nitrogens with zero attached hydrogens (tertiary/aromatic N) is 1. The van der Waals surface area contributed by atoms with Crippen molar-refractivity contribution < 1.29 is 4.74 Å². The second kappa shape index (κ2) is 8.23. The summed E-state index contributed by atoms with van der Waals surface area (Å²) in [4.78, 5) is 2.69. The number of rotatable bonds is 5. The van der Waals surface area contributed by atoms with Crippen molar-refractivity contribution in [2.75, 3.05) is 39.4 Å². The highest BCUT2D eigenvalue weighted by molar-refractivity contribution is 4.83. The van der Waals surface area contributed by atoms with Crippen molar-refractivity contribution in [2.45, 2.75) is 52.0 Å². The van der Waals surface area contributed by atoms with E-state index in [0.717, 1.165) is 25.7 Å². The van der Waals surface area contributed by atoms with Crippen LogP contribution < -0.4 is 5.32 Å².